The van der Waals surface area contributed by atoms with Crippen molar-refractivity contribution >= 4 is 39.7 Å². The highest BCUT2D eigenvalue weighted by atomic mass is 35.5. The Morgan fingerprint density at radius 2 is 2.00 bits per heavy atom. The predicted octanol–water partition coefficient (Wildman–Crippen LogP) is 1.69. The number of nitro groups is 1. The number of halogens is 2. The van der Waals surface area contributed by atoms with Gasteiger partial charge >= 0.3 is 0 Å². The number of sulfonamides is 1. The second-order valence-electron chi connectivity index (χ2n) is 4.56. The largest absolute Gasteiger partial charge is 0.329 e. The van der Waals surface area contributed by atoms with E-state index in [0.717, 1.165) is 12.1 Å². The highest BCUT2D eigenvalue weighted by Crippen LogP contribution is 2.27. The Morgan fingerprint density at radius 3 is 2.45 bits per heavy atom. The van der Waals surface area contributed by atoms with Gasteiger partial charge in [0, 0.05) is 23.2 Å². The number of rotatable bonds is 5. The fraction of sp³-hybridized carbons (Fsp3) is 0.400. The van der Waals surface area contributed by atoms with Crippen molar-refractivity contribution in [3.63, 3.8) is 0 Å². The molecule has 0 aliphatic heterocycles. The summed E-state index contributed by atoms with van der Waals surface area (Å²) in [7, 11) is -4.08. The lowest BCUT2D eigenvalue weighted by atomic mass is 10.1. The molecule has 0 aliphatic rings. The molecule has 1 aromatic rings. The number of benzene rings is 1. The Kier molecular flexibility index (Phi) is 6.37. The smallest absolute Gasteiger partial charge is 0.289 e. The molecule has 3 N–H and O–H groups in total. The maximum atomic E-state index is 12.2. The van der Waals surface area contributed by atoms with E-state index in [2.05, 4.69) is 4.72 Å². The number of hydrogen-bond donors (Lipinski definition) is 2. The lowest BCUT2D eigenvalue weighted by Gasteiger charge is -2.23. The van der Waals surface area contributed by atoms with Gasteiger partial charge in [0.25, 0.3) is 5.69 Å². The Balaban J connectivity index is 0.00000361. The molecule has 0 saturated heterocycles. The van der Waals surface area contributed by atoms with Crippen LogP contribution in [0.25, 0.3) is 0 Å². The van der Waals surface area contributed by atoms with Crippen LogP contribution in [0, 0.1) is 10.1 Å². The van der Waals surface area contributed by atoms with Crippen molar-refractivity contribution in [2.75, 3.05) is 6.54 Å². The van der Waals surface area contributed by atoms with Crippen molar-refractivity contribution in [2.24, 2.45) is 5.73 Å². The van der Waals surface area contributed by atoms with Crippen molar-refractivity contribution in [3.05, 3.63) is 33.3 Å². The summed E-state index contributed by atoms with van der Waals surface area (Å²) in [4.78, 5) is 9.60. The van der Waals surface area contributed by atoms with Gasteiger partial charge in [0.05, 0.1) is 4.92 Å². The summed E-state index contributed by atoms with van der Waals surface area (Å²) in [5.74, 6) is 0. The third kappa shape index (κ3) is 4.57. The highest BCUT2D eigenvalue weighted by molar-refractivity contribution is 7.89. The minimum atomic E-state index is -4.08. The number of nitrogens with zero attached hydrogens (tertiary/aromatic N) is 1. The van der Waals surface area contributed by atoms with E-state index >= 15 is 0 Å². The van der Waals surface area contributed by atoms with Crippen LogP contribution in [0.3, 0.4) is 0 Å². The van der Waals surface area contributed by atoms with Gasteiger partial charge in [-0.1, -0.05) is 11.6 Å². The van der Waals surface area contributed by atoms with Crippen LogP contribution in [0.4, 0.5) is 5.69 Å². The number of hydrogen-bond acceptors (Lipinski definition) is 5. The zero-order chi connectivity index (χ0) is 14.8. The first-order chi connectivity index (χ1) is 8.59. The Bertz CT molecular complexity index is 605. The molecule has 0 radical (unpaired) electrons. The normalized spacial score (nSPS) is 11.8. The van der Waals surface area contributed by atoms with Gasteiger partial charge in [0.1, 0.15) is 0 Å². The van der Waals surface area contributed by atoms with Crippen molar-refractivity contribution in [2.45, 2.75) is 24.3 Å². The quantitative estimate of drug-likeness (QED) is 0.623. The summed E-state index contributed by atoms with van der Waals surface area (Å²) in [5, 5.41) is 11.0. The second kappa shape index (κ2) is 6.68. The molecule has 1 rings (SSSR count). The van der Waals surface area contributed by atoms with E-state index in [1.165, 1.54) is 6.07 Å². The maximum absolute atomic E-state index is 12.2. The molecule has 0 aliphatic carbocycles. The average Bonchev–Trinajstić information content (AvgIpc) is 2.27. The van der Waals surface area contributed by atoms with Crippen molar-refractivity contribution < 1.29 is 13.3 Å². The van der Waals surface area contributed by atoms with E-state index in [1.807, 2.05) is 0 Å². The van der Waals surface area contributed by atoms with E-state index in [4.69, 9.17) is 17.3 Å². The SMILES string of the molecule is CC(C)(CN)NS(=O)(=O)c1cc(Cl)ccc1[N+](=O)[O-].Cl. The summed E-state index contributed by atoms with van der Waals surface area (Å²) in [6, 6.07) is 3.34. The average molecular weight is 344 g/mol. The molecular weight excluding hydrogens is 329 g/mol. The Hall–Kier alpha value is -0.930. The van der Waals surface area contributed by atoms with Crippen LogP contribution in [0.5, 0.6) is 0 Å². The lowest BCUT2D eigenvalue weighted by Crippen LogP contribution is -2.48. The fourth-order valence-electron chi connectivity index (χ4n) is 1.31. The molecule has 114 valence electrons. The molecular formula is C10H15Cl2N3O4S. The van der Waals surface area contributed by atoms with Crippen LogP contribution in [-0.2, 0) is 10.0 Å². The summed E-state index contributed by atoms with van der Waals surface area (Å²) in [6.45, 7) is 3.18. The van der Waals surface area contributed by atoms with Crippen LogP contribution >= 0.6 is 24.0 Å². The Morgan fingerprint density at radius 1 is 1.45 bits per heavy atom. The van der Waals surface area contributed by atoms with Crippen LogP contribution in [0.1, 0.15) is 13.8 Å². The van der Waals surface area contributed by atoms with E-state index in [-0.39, 0.29) is 24.0 Å². The monoisotopic (exact) mass is 343 g/mol. The van der Waals surface area contributed by atoms with Crippen LogP contribution < -0.4 is 10.5 Å². The van der Waals surface area contributed by atoms with E-state index in [1.54, 1.807) is 13.8 Å². The molecule has 1 aromatic carbocycles. The molecule has 0 bridgehead atoms. The van der Waals surface area contributed by atoms with E-state index < -0.39 is 31.1 Å². The topological polar surface area (TPSA) is 115 Å². The summed E-state index contributed by atoms with van der Waals surface area (Å²) in [6.07, 6.45) is 0. The molecule has 20 heavy (non-hydrogen) atoms. The first-order valence-corrected chi connectivity index (χ1v) is 7.13. The van der Waals surface area contributed by atoms with Crippen molar-refractivity contribution in [3.8, 4) is 0 Å². The van der Waals surface area contributed by atoms with Crippen LogP contribution in [0.15, 0.2) is 23.1 Å². The van der Waals surface area contributed by atoms with Gasteiger partial charge in [-0.25, -0.2) is 13.1 Å². The lowest BCUT2D eigenvalue weighted by molar-refractivity contribution is -0.387. The summed E-state index contributed by atoms with van der Waals surface area (Å²) < 4.78 is 26.6. The first kappa shape index (κ1) is 19.1. The molecule has 0 saturated carbocycles. The molecule has 0 atom stereocenters. The molecule has 0 heterocycles. The number of nitro benzene ring substituents is 1. The zero-order valence-electron chi connectivity index (χ0n) is 10.8. The maximum Gasteiger partial charge on any atom is 0.289 e. The minimum Gasteiger partial charge on any atom is -0.329 e. The number of nitrogens with one attached hydrogen (secondary N) is 1. The van der Waals surface area contributed by atoms with Crippen LogP contribution in [0.2, 0.25) is 5.02 Å². The van der Waals surface area contributed by atoms with Gasteiger partial charge < -0.3 is 5.73 Å². The Labute approximate surface area is 128 Å². The molecule has 0 unspecified atom stereocenters. The summed E-state index contributed by atoms with van der Waals surface area (Å²) >= 11 is 5.69. The zero-order valence-corrected chi connectivity index (χ0v) is 13.2. The third-order valence-corrected chi connectivity index (χ3v) is 4.29. The molecule has 0 spiro atoms. The molecule has 0 amide bonds. The van der Waals surface area contributed by atoms with Crippen molar-refractivity contribution in [1.82, 2.24) is 4.72 Å². The van der Waals surface area contributed by atoms with Gasteiger partial charge in [0.2, 0.25) is 10.0 Å². The van der Waals surface area contributed by atoms with Gasteiger partial charge in [-0.15, -0.1) is 12.4 Å². The molecule has 0 fully saturated rings. The number of nitrogens with two attached hydrogens (primary N) is 1. The van der Waals surface area contributed by atoms with Gasteiger partial charge in [-0.3, -0.25) is 10.1 Å². The molecule has 10 heteroatoms. The third-order valence-electron chi connectivity index (χ3n) is 2.33. The fourth-order valence-corrected chi connectivity index (χ4v) is 3.17. The van der Waals surface area contributed by atoms with Gasteiger partial charge in [-0.05, 0) is 26.0 Å². The highest BCUT2D eigenvalue weighted by Gasteiger charge is 2.31. The predicted molar refractivity (Wildman–Crippen MR) is 78.8 cm³/mol. The van der Waals surface area contributed by atoms with Crippen LogP contribution in [-0.4, -0.2) is 25.4 Å². The van der Waals surface area contributed by atoms with Gasteiger partial charge in [0.15, 0.2) is 4.90 Å². The van der Waals surface area contributed by atoms with E-state index in [0.29, 0.717) is 0 Å². The second-order valence-corrected chi connectivity index (χ2v) is 6.65. The summed E-state index contributed by atoms with van der Waals surface area (Å²) in [5.41, 5.74) is 3.97. The van der Waals surface area contributed by atoms with Gasteiger partial charge in [-0.2, -0.15) is 0 Å². The molecule has 7 nitrogen and oxygen atoms in total. The minimum absolute atomic E-state index is 0. The van der Waals surface area contributed by atoms with E-state index in [9.17, 15) is 18.5 Å². The standard InChI is InChI=1S/C10H14ClN3O4S.ClH/c1-10(2,6-12)13-19(17,18)9-5-7(11)3-4-8(9)14(15)16;/h3-5,13H,6,12H2,1-2H3;1H. The van der Waals surface area contributed by atoms with Crippen molar-refractivity contribution in [1.29, 1.82) is 0 Å². The molecule has 0 aromatic heterocycles. The first-order valence-electron chi connectivity index (χ1n) is 5.27.